The number of aliphatic hydroxyl groups is 1. The summed E-state index contributed by atoms with van der Waals surface area (Å²) >= 11 is 0. The number of hydrogen-bond donors (Lipinski definition) is 2. The van der Waals surface area contributed by atoms with Gasteiger partial charge in [0, 0.05) is 24.3 Å². The van der Waals surface area contributed by atoms with Crippen molar-refractivity contribution in [3.8, 4) is 0 Å². The Balaban J connectivity index is 2.06. The lowest BCUT2D eigenvalue weighted by molar-refractivity contribution is -0.120. The van der Waals surface area contributed by atoms with E-state index in [1.54, 1.807) is 24.3 Å². The van der Waals surface area contributed by atoms with E-state index in [0.717, 1.165) is 6.26 Å². The van der Waals surface area contributed by atoms with E-state index in [4.69, 9.17) is 0 Å². The van der Waals surface area contributed by atoms with Crippen molar-refractivity contribution >= 4 is 21.6 Å². The van der Waals surface area contributed by atoms with Gasteiger partial charge in [0.25, 0.3) is 0 Å². The van der Waals surface area contributed by atoms with Crippen molar-refractivity contribution in [2.24, 2.45) is 5.92 Å². The second-order valence-electron chi connectivity index (χ2n) is 5.26. The molecule has 0 aromatic heterocycles. The Morgan fingerprint density at radius 2 is 2.14 bits per heavy atom. The molecule has 0 radical (unpaired) electrons. The zero-order valence-corrected chi connectivity index (χ0v) is 12.8. The van der Waals surface area contributed by atoms with Crippen LogP contribution in [0, 0.1) is 5.92 Å². The molecule has 1 aliphatic rings. The smallest absolute Gasteiger partial charge is 0.228 e. The third-order valence-corrected chi connectivity index (χ3v) is 4.94. The van der Waals surface area contributed by atoms with E-state index in [9.17, 15) is 18.3 Å². The molecule has 1 unspecified atom stereocenters. The second kappa shape index (κ2) is 6.55. The van der Waals surface area contributed by atoms with Gasteiger partial charge in [-0.2, -0.15) is 0 Å². The lowest BCUT2D eigenvalue weighted by Gasteiger charge is -2.30. The standard InChI is InChI=1S/C14H20N2O4S/c1-21(19,20)16-8-4-6-11(9-16)14(18)15-13-7-3-2-5-12(13)10-17/h2-3,5,7,11,17H,4,6,8-10H2,1H3,(H,15,18). The van der Waals surface area contributed by atoms with Gasteiger partial charge in [0.1, 0.15) is 0 Å². The van der Waals surface area contributed by atoms with Gasteiger partial charge < -0.3 is 10.4 Å². The van der Waals surface area contributed by atoms with Gasteiger partial charge in [-0.3, -0.25) is 4.79 Å². The molecule has 1 atom stereocenters. The second-order valence-corrected chi connectivity index (χ2v) is 7.25. The topological polar surface area (TPSA) is 86.7 Å². The Bertz CT molecular complexity index is 615. The van der Waals surface area contributed by atoms with Crippen LogP contribution in [-0.4, -0.2) is 43.1 Å². The van der Waals surface area contributed by atoms with Gasteiger partial charge in [-0.1, -0.05) is 18.2 Å². The molecule has 116 valence electrons. The maximum Gasteiger partial charge on any atom is 0.228 e. The Morgan fingerprint density at radius 1 is 1.43 bits per heavy atom. The summed E-state index contributed by atoms with van der Waals surface area (Å²) in [5.41, 5.74) is 1.21. The first-order valence-corrected chi connectivity index (χ1v) is 8.71. The van der Waals surface area contributed by atoms with Crippen LogP contribution < -0.4 is 5.32 Å². The lowest BCUT2D eigenvalue weighted by atomic mass is 9.98. The van der Waals surface area contributed by atoms with Gasteiger partial charge in [-0.05, 0) is 18.9 Å². The summed E-state index contributed by atoms with van der Waals surface area (Å²) in [5.74, 6) is -0.565. The minimum Gasteiger partial charge on any atom is -0.392 e. The Hall–Kier alpha value is -1.44. The molecule has 0 saturated carbocycles. The molecule has 1 aromatic rings. The SMILES string of the molecule is CS(=O)(=O)N1CCCC(C(=O)Nc2ccccc2CO)C1. The van der Waals surface area contributed by atoms with Crippen molar-refractivity contribution in [1.29, 1.82) is 0 Å². The van der Waals surface area contributed by atoms with Crippen LogP contribution in [0.15, 0.2) is 24.3 Å². The molecule has 6 nitrogen and oxygen atoms in total. The number of nitrogens with zero attached hydrogens (tertiary/aromatic N) is 1. The highest BCUT2D eigenvalue weighted by Crippen LogP contribution is 2.22. The highest BCUT2D eigenvalue weighted by molar-refractivity contribution is 7.88. The Kier molecular flexibility index (Phi) is 4.97. The minimum atomic E-state index is -3.26. The average molecular weight is 312 g/mol. The monoisotopic (exact) mass is 312 g/mol. The van der Waals surface area contributed by atoms with Crippen molar-refractivity contribution in [3.63, 3.8) is 0 Å². The molecule has 1 heterocycles. The van der Waals surface area contributed by atoms with Crippen LogP contribution in [0.3, 0.4) is 0 Å². The van der Waals surface area contributed by atoms with E-state index >= 15 is 0 Å². The highest BCUT2D eigenvalue weighted by atomic mass is 32.2. The largest absolute Gasteiger partial charge is 0.392 e. The van der Waals surface area contributed by atoms with Crippen molar-refractivity contribution in [3.05, 3.63) is 29.8 Å². The number of benzene rings is 1. The molecule has 0 spiro atoms. The van der Waals surface area contributed by atoms with E-state index in [2.05, 4.69) is 5.32 Å². The number of carbonyl (C=O) groups is 1. The third kappa shape index (κ3) is 4.03. The van der Waals surface area contributed by atoms with Gasteiger partial charge in [0.05, 0.1) is 18.8 Å². The number of carbonyl (C=O) groups excluding carboxylic acids is 1. The highest BCUT2D eigenvalue weighted by Gasteiger charge is 2.30. The molecule has 0 bridgehead atoms. The van der Waals surface area contributed by atoms with E-state index in [0.29, 0.717) is 30.6 Å². The number of aliphatic hydroxyl groups excluding tert-OH is 1. The minimum absolute atomic E-state index is 0.156. The van der Waals surface area contributed by atoms with Crippen molar-refractivity contribution in [2.75, 3.05) is 24.7 Å². The average Bonchev–Trinajstić information content (AvgIpc) is 2.47. The van der Waals surface area contributed by atoms with Crippen molar-refractivity contribution < 1.29 is 18.3 Å². The van der Waals surface area contributed by atoms with Gasteiger partial charge in [-0.15, -0.1) is 0 Å². The lowest BCUT2D eigenvalue weighted by Crippen LogP contribution is -2.43. The number of nitrogens with one attached hydrogen (secondary N) is 1. The van der Waals surface area contributed by atoms with Crippen LogP contribution >= 0.6 is 0 Å². The van der Waals surface area contributed by atoms with Crippen LogP contribution in [0.4, 0.5) is 5.69 Å². The molecule has 1 fully saturated rings. The van der Waals surface area contributed by atoms with Crippen LogP contribution in [0.1, 0.15) is 18.4 Å². The number of amides is 1. The van der Waals surface area contributed by atoms with Gasteiger partial charge in [0.2, 0.25) is 15.9 Å². The summed E-state index contributed by atoms with van der Waals surface area (Å²) in [6, 6.07) is 7.02. The fourth-order valence-electron chi connectivity index (χ4n) is 2.47. The molecule has 1 saturated heterocycles. The predicted molar refractivity (Wildman–Crippen MR) is 80.1 cm³/mol. The predicted octanol–water partition coefficient (Wildman–Crippen LogP) is 0.789. The summed E-state index contributed by atoms with van der Waals surface area (Å²) in [6.07, 6.45) is 2.50. The van der Waals surface area contributed by atoms with E-state index in [1.165, 1.54) is 4.31 Å². The third-order valence-electron chi connectivity index (χ3n) is 3.67. The van der Waals surface area contributed by atoms with Gasteiger partial charge >= 0.3 is 0 Å². The number of rotatable bonds is 4. The molecular formula is C14H20N2O4S. The Morgan fingerprint density at radius 3 is 2.81 bits per heavy atom. The van der Waals surface area contributed by atoms with Gasteiger partial charge in [0.15, 0.2) is 0 Å². The molecule has 1 amide bonds. The van der Waals surface area contributed by atoms with Crippen LogP contribution in [0.2, 0.25) is 0 Å². The van der Waals surface area contributed by atoms with Crippen LogP contribution in [0.5, 0.6) is 0 Å². The summed E-state index contributed by atoms with van der Waals surface area (Å²) in [5, 5.41) is 12.0. The first kappa shape index (κ1) is 15.9. The molecule has 2 rings (SSSR count). The summed E-state index contributed by atoms with van der Waals surface area (Å²) in [4.78, 5) is 12.3. The first-order valence-electron chi connectivity index (χ1n) is 6.86. The fourth-order valence-corrected chi connectivity index (χ4v) is 3.38. The van der Waals surface area contributed by atoms with Crippen molar-refractivity contribution in [1.82, 2.24) is 4.31 Å². The molecule has 0 aliphatic carbocycles. The zero-order valence-electron chi connectivity index (χ0n) is 11.9. The van der Waals surface area contributed by atoms with Crippen molar-refractivity contribution in [2.45, 2.75) is 19.4 Å². The molecule has 1 aliphatic heterocycles. The fraction of sp³-hybridized carbons (Fsp3) is 0.500. The molecule has 2 N–H and O–H groups in total. The summed E-state index contributed by atoms with van der Waals surface area (Å²) < 4.78 is 24.5. The Labute approximate surface area is 124 Å². The number of hydrogen-bond acceptors (Lipinski definition) is 4. The van der Waals surface area contributed by atoms with Gasteiger partial charge in [-0.25, -0.2) is 12.7 Å². The maximum absolute atomic E-state index is 12.3. The molecule has 1 aromatic carbocycles. The number of sulfonamides is 1. The number of anilines is 1. The van der Waals surface area contributed by atoms with E-state index in [1.807, 2.05) is 0 Å². The summed E-state index contributed by atoms with van der Waals surface area (Å²) in [7, 11) is -3.26. The maximum atomic E-state index is 12.3. The molecular weight excluding hydrogens is 292 g/mol. The van der Waals surface area contributed by atoms with E-state index in [-0.39, 0.29) is 25.0 Å². The number of para-hydroxylation sites is 1. The molecule has 21 heavy (non-hydrogen) atoms. The van der Waals surface area contributed by atoms with Crippen LogP contribution in [-0.2, 0) is 21.4 Å². The van der Waals surface area contributed by atoms with Crippen LogP contribution in [0.25, 0.3) is 0 Å². The first-order chi connectivity index (χ1) is 9.91. The summed E-state index contributed by atoms with van der Waals surface area (Å²) in [6.45, 7) is 0.526. The molecule has 7 heteroatoms. The van der Waals surface area contributed by atoms with E-state index < -0.39 is 10.0 Å². The zero-order chi connectivity index (χ0) is 15.5. The normalized spacial score (nSPS) is 20.2. The number of piperidine rings is 1. The quantitative estimate of drug-likeness (QED) is 0.860.